The SMILES string of the molecule is CN1CC(C)(C)COc2ccc(Br)cc21. The third-order valence-corrected chi connectivity index (χ3v) is 3.11. The highest BCUT2D eigenvalue weighted by molar-refractivity contribution is 9.10. The van der Waals surface area contributed by atoms with Crippen LogP contribution in [0, 0.1) is 5.41 Å². The molecule has 0 aliphatic carbocycles. The molecule has 1 heterocycles. The Morgan fingerprint density at radius 3 is 2.87 bits per heavy atom. The molecule has 0 saturated carbocycles. The van der Waals surface area contributed by atoms with Gasteiger partial charge in [0.05, 0.1) is 12.3 Å². The zero-order valence-electron chi connectivity index (χ0n) is 9.38. The van der Waals surface area contributed by atoms with Gasteiger partial charge in [-0.3, -0.25) is 0 Å². The van der Waals surface area contributed by atoms with E-state index in [4.69, 9.17) is 4.74 Å². The zero-order chi connectivity index (χ0) is 11.1. The van der Waals surface area contributed by atoms with E-state index in [0.717, 1.165) is 29.1 Å². The van der Waals surface area contributed by atoms with E-state index in [0.29, 0.717) is 0 Å². The summed E-state index contributed by atoms with van der Waals surface area (Å²) in [5, 5.41) is 0. The molecular weight excluding hydrogens is 254 g/mol. The molecule has 0 bridgehead atoms. The van der Waals surface area contributed by atoms with Crippen molar-refractivity contribution < 1.29 is 4.74 Å². The molecule has 2 rings (SSSR count). The van der Waals surface area contributed by atoms with Gasteiger partial charge in [0.25, 0.3) is 0 Å². The van der Waals surface area contributed by atoms with E-state index >= 15 is 0 Å². The average molecular weight is 270 g/mol. The maximum absolute atomic E-state index is 5.83. The van der Waals surface area contributed by atoms with Crippen LogP contribution in [-0.4, -0.2) is 20.2 Å². The molecule has 0 radical (unpaired) electrons. The number of fused-ring (bicyclic) bond motifs is 1. The molecule has 1 aliphatic heterocycles. The molecule has 15 heavy (non-hydrogen) atoms. The fourth-order valence-corrected chi connectivity index (χ4v) is 2.31. The number of rotatable bonds is 0. The van der Waals surface area contributed by atoms with E-state index in [-0.39, 0.29) is 5.41 Å². The average Bonchev–Trinajstić information content (AvgIpc) is 2.24. The Morgan fingerprint density at radius 1 is 1.40 bits per heavy atom. The van der Waals surface area contributed by atoms with Gasteiger partial charge in [0, 0.05) is 23.5 Å². The van der Waals surface area contributed by atoms with Gasteiger partial charge in [0.2, 0.25) is 0 Å². The lowest BCUT2D eigenvalue weighted by atomic mass is 9.94. The summed E-state index contributed by atoms with van der Waals surface area (Å²) in [4.78, 5) is 2.26. The number of ether oxygens (including phenoxy) is 1. The molecule has 0 atom stereocenters. The summed E-state index contributed by atoms with van der Waals surface area (Å²) < 4.78 is 6.92. The third-order valence-electron chi connectivity index (χ3n) is 2.62. The lowest BCUT2D eigenvalue weighted by Gasteiger charge is -2.26. The summed E-state index contributed by atoms with van der Waals surface area (Å²) >= 11 is 3.49. The van der Waals surface area contributed by atoms with Crippen LogP contribution in [0.2, 0.25) is 0 Å². The number of anilines is 1. The van der Waals surface area contributed by atoms with Crippen LogP contribution in [0.4, 0.5) is 5.69 Å². The molecule has 1 aromatic rings. The van der Waals surface area contributed by atoms with Crippen LogP contribution >= 0.6 is 15.9 Å². The Kier molecular flexibility index (Phi) is 2.67. The van der Waals surface area contributed by atoms with E-state index < -0.39 is 0 Å². The van der Waals surface area contributed by atoms with Crippen molar-refractivity contribution in [2.24, 2.45) is 5.41 Å². The van der Waals surface area contributed by atoms with E-state index in [9.17, 15) is 0 Å². The minimum absolute atomic E-state index is 0.195. The molecule has 0 aromatic heterocycles. The molecule has 0 amide bonds. The van der Waals surface area contributed by atoms with Crippen LogP contribution in [-0.2, 0) is 0 Å². The predicted octanol–water partition coefficient (Wildman–Crippen LogP) is 3.30. The highest BCUT2D eigenvalue weighted by Gasteiger charge is 2.26. The first-order valence-corrected chi connectivity index (χ1v) is 5.91. The Hall–Kier alpha value is -0.700. The summed E-state index contributed by atoms with van der Waals surface area (Å²) in [6.07, 6.45) is 0. The second-order valence-electron chi connectivity index (χ2n) is 4.92. The summed E-state index contributed by atoms with van der Waals surface area (Å²) in [5.74, 6) is 0.978. The summed E-state index contributed by atoms with van der Waals surface area (Å²) in [7, 11) is 2.11. The second-order valence-corrected chi connectivity index (χ2v) is 5.84. The van der Waals surface area contributed by atoms with Crippen molar-refractivity contribution in [2.75, 3.05) is 25.1 Å². The van der Waals surface area contributed by atoms with Gasteiger partial charge >= 0.3 is 0 Å². The van der Waals surface area contributed by atoms with Crippen LogP contribution < -0.4 is 9.64 Å². The maximum Gasteiger partial charge on any atom is 0.142 e. The van der Waals surface area contributed by atoms with Gasteiger partial charge in [-0.15, -0.1) is 0 Å². The summed E-state index contributed by atoms with van der Waals surface area (Å²) in [6, 6.07) is 6.15. The molecular formula is C12H16BrNO. The largest absolute Gasteiger partial charge is 0.491 e. The van der Waals surface area contributed by atoms with Crippen molar-refractivity contribution in [1.29, 1.82) is 0 Å². The van der Waals surface area contributed by atoms with E-state index in [1.54, 1.807) is 0 Å². The molecule has 2 nitrogen and oxygen atoms in total. The number of nitrogens with zero attached hydrogens (tertiary/aromatic N) is 1. The van der Waals surface area contributed by atoms with Crippen molar-refractivity contribution in [3.8, 4) is 5.75 Å². The molecule has 1 aromatic carbocycles. The van der Waals surface area contributed by atoms with Crippen LogP contribution in [0.15, 0.2) is 22.7 Å². The smallest absolute Gasteiger partial charge is 0.142 e. The Balaban J connectivity index is 2.40. The minimum Gasteiger partial charge on any atom is -0.491 e. The summed E-state index contributed by atoms with van der Waals surface area (Å²) in [6.45, 7) is 6.23. The van der Waals surface area contributed by atoms with Crippen LogP contribution in [0.5, 0.6) is 5.75 Å². The van der Waals surface area contributed by atoms with Gasteiger partial charge < -0.3 is 9.64 Å². The number of benzene rings is 1. The van der Waals surface area contributed by atoms with Gasteiger partial charge in [-0.05, 0) is 18.2 Å². The van der Waals surface area contributed by atoms with Gasteiger partial charge in [-0.1, -0.05) is 29.8 Å². The van der Waals surface area contributed by atoms with Crippen molar-refractivity contribution >= 4 is 21.6 Å². The number of halogens is 1. The first kappa shape index (κ1) is 10.8. The molecule has 0 saturated heterocycles. The molecule has 0 unspecified atom stereocenters. The van der Waals surface area contributed by atoms with Crippen LogP contribution in [0.1, 0.15) is 13.8 Å². The van der Waals surface area contributed by atoms with Gasteiger partial charge in [-0.2, -0.15) is 0 Å². The van der Waals surface area contributed by atoms with Gasteiger partial charge in [0.1, 0.15) is 5.75 Å². The van der Waals surface area contributed by atoms with E-state index in [1.807, 2.05) is 12.1 Å². The fraction of sp³-hybridized carbons (Fsp3) is 0.500. The maximum atomic E-state index is 5.83. The molecule has 0 spiro atoms. The molecule has 82 valence electrons. The monoisotopic (exact) mass is 269 g/mol. The number of hydrogen-bond donors (Lipinski definition) is 0. The van der Waals surface area contributed by atoms with E-state index in [1.165, 1.54) is 0 Å². The minimum atomic E-state index is 0.195. The fourth-order valence-electron chi connectivity index (χ4n) is 1.96. The molecule has 1 aliphatic rings. The first-order chi connectivity index (χ1) is 6.98. The Bertz CT molecular complexity index is 376. The van der Waals surface area contributed by atoms with Gasteiger partial charge in [0.15, 0.2) is 0 Å². The van der Waals surface area contributed by atoms with Crippen molar-refractivity contribution in [3.05, 3.63) is 22.7 Å². The molecule has 0 N–H and O–H groups in total. The lowest BCUT2D eigenvalue weighted by Crippen LogP contribution is -2.32. The zero-order valence-corrected chi connectivity index (χ0v) is 11.0. The highest BCUT2D eigenvalue weighted by atomic mass is 79.9. The third kappa shape index (κ3) is 2.28. The Labute approximate surface area is 99.4 Å². The van der Waals surface area contributed by atoms with Crippen molar-refractivity contribution in [2.45, 2.75) is 13.8 Å². The second kappa shape index (κ2) is 3.71. The Morgan fingerprint density at radius 2 is 2.13 bits per heavy atom. The first-order valence-electron chi connectivity index (χ1n) is 5.11. The standard InChI is InChI=1S/C12H16BrNO/c1-12(2)7-14(3)10-6-9(13)4-5-11(10)15-8-12/h4-6H,7-8H2,1-3H3. The van der Waals surface area contributed by atoms with E-state index in [2.05, 4.69) is 47.8 Å². The predicted molar refractivity (Wildman–Crippen MR) is 66.7 cm³/mol. The van der Waals surface area contributed by atoms with Crippen molar-refractivity contribution in [3.63, 3.8) is 0 Å². The van der Waals surface area contributed by atoms with Crippen LogP contribution in [0.3, 0.4) is 0 Å². The molecule has 0 fully saturated rings. The molecule has 3 heteroatoms. The normalized spacial score (nSPS) is 19.1. The lowest BCUT2D eigenvalue weighted by molar-refractivity contribution is 0.196. The quantitative estimate of drug-likeness (QED) is 0.717. The van der Waals surface area contributed by atoms with Crippen molar-refractivity contribution in [1.82, 2.24) is 0 Å². The van der Waals surface area contributed by atoms with Gasteiger partial charge in [-0.25, -0.2) is 0 Å². The van der Waals surface area contributed by atoms with Crippen LogP contribution in [0.25, 0.3) is 0 Å². The highest BCUT2D eigenvalue weighted by Crippen LogP contribution is 2.36. The summed E-state index contributed by atoms with van der Waals surface area (Å²) in [5.41, 5.74) is 1.36. The number of hydrogen-bond acceptors (Lipinski definition) is 2. The topological polar surface area (TPSA) is 12.5 Å².